The molecule has 7 nitrogen and oxygen atoms in total. The highest BCUT2D eigenvalue weighted by Crippen LogP contribution is 2.64. The molecule has 1 amide bonds. The highest BCUT2D eigenvalue weighted by atomic mass is 32.3. The maximum Gasteiger partial charge on any atom is 0.410 e. The molecule has 2 aromatic rings. The van der Waals surface area contributed by atoms with Crippen LogP contribution in [0, 0.1) is 5.92 Å². The molecule has 2 aliphatic rings. The van der Waals surface area contributed by atoms with Crippen molar-refractivity contribution < 1.29 is 18.6 Å². The molecule has 0 saturated carbocycles. The first kappa shape index (κ1) is 21.8. The van der Waals surface area contributed by atoms with Crippen molar-refractivity contribution in [3.8, 4) is 0 Å². The fourth-order valence-electron chi connectivity index (χ4n) is 4.11. The number of piperidine rings is 1. The van der Waals surface area contributed by atoms with Gasteiger partial charge in [0.05, 0.1) is 17.1 Å². The third-order valence-corrected chi connectivity index (χ3v) is 7.43. The molecule has 0 spiro atoms. The van der Waals surface area contributed by atoms with E-state index in [-0.39, 0.29) is 12.0 Å². The lowest BCUT2D eigenvalue weighted by Gasteiger charge is -2.45. The summed E-state index contributed by atoms with van der Waals surface area (Å²) in [6.45, 7) is 7.33. The largest absolute Gasteiger partial charge is 0.444 e. The molecule has 0 unspecified atom stereocenters. The summed E-state index contributed by atoms with van der Waals surface area (Å²) in [5.74, 6) is 0.244. The molecule has 2 aromatic carbocycles. The fraction of sp³-hybridized carbons (Fsp3) is 0.435. The third kappa shape index (κ3) is 4.46. The molecule has 0 aromatic heterocycles. The van der Waals surface area contributed by atoms with Gasteiger partial charge < -0.3 is 9.64 Å². The van der Waals surface area contributed by atoms with Crippen molar-refractivity contribution in [1.29, 1.82) is 0 Å². The summed E-state index contributed by atoms with van der Waals surface area (Å²) in [4.78, 5) is 14.1. The molecule has 0 atom stereocenters. The monoisotopic (exact) mass is 445 g/mol. The number of hydrogen-bond acceptors (Lipinski definition) is 6. The van der Waals surface area contributed by atoms with Gasteiger partial charge in [0.1, 0.15) is 5.60 Å². The van der Waals surface area contributed by atoms with Gasteiger partial charge in [-0.15, -0.1) is 0 Å². The number of benzene rings is 2. The van der Waals surface area contributed by atoms with Crippen LogP contribution in [0.1, 0.15) is 33.6 Å². The lowest BCUT2D eigenvalue weighted by atomic mass is 9.97. The Hall–Kier alpha value is -2.42. The lowest BCUT2D eigenvalue weighted by molar-refractivity contribution is 0.0187. The molecular weight excluding hydrogens is 414 g/mol. The molecule has 8 heteroatoms. The van der Waals surface area contributed by atoms with Crippen LogP contribution in [-0.2, 0) is 4.74 Å². The summed E-state index contributed by atoms with van der Waals surface area (Å²) in [7, 11) is -3.23. The molecule has 4 rings (SSSR count). The van der Waals surface area contributed by atoms with Crippen molar-refractivity contribution in [2.75, 3.05) is 28.2 Å². The van der Waals surface area contributed by atoms with E-state index in [0.717, 1.165) is 29.9 Å². The molecule has 0 aliphatic carbocycles. The van der Waals surface area contributed by atoms with Crippen LogP contribution in [0.2, 0.25) is 0 Å². The van der Waals surface area contributed by atoms with E-state index in [0.29, 0.717) is 19.6 Å². The van der Waals surface area contributed by atoms with Crippen LogP contribution in [0.3, 0.4) is 0 Å². The number of fused-ring (bicyclic) bond motifs is 1. The Labute approximate surface area is 185 Å². The van der Waals surface area contributed by atoms with E-state index in [9.17, 15) is 13.9 Å². The summed E-state index contributed by atoms with van der Waals surface area (Å²) in [5, 5.41) is 0. The summed E-state index contributed by atoms with van der Waals surface area (Å²) in [5.41, 5.74) is 1.85. The number of para-hydroxylation sites is 3. The quantitative estimate of drug-likeness (QED) is 0.615. The van der Waals surface area contributed by atoms with E-state index in [1.165, 1.54) is 0 Å². The van der Waals surface area contributed by atoms with Crippen LogP contribution in [0.5, 0.6) is 0 Å². The van der Waals surface area contributed by atoms with Crippen LogP contribution in [-0.4, -0.2) is 45.3 Å². The molecule has 1 fully saturated rings. The van der Waals surface area contributed by atoms with Crippen LogP contribution in [0.15, 0.2) is 54.6 Å². The van der Waals surface area contributed by atoms with E-state index >= 15 is 0 Å². The van der Waals surface area contributed by atoms with Crippen molar-refractivity contribution in [3.63, 3.8) is 0 Å². The van der Waals surface area contributed by atoms with Crippen LogP contribution >= 0.6 is 11.0 Å². The highest BCUT2D eigenvalue weighted by molar-refractivity contribution is 8.27. The molecule has 2 N–H and O–H groups in total. The van der Waals surface area contributed by atoms with Gasteiger partial charge in [0, 0.05) is 19.6 Å². The molecular formula is C23H31N3O4S. The zero-order valence-electron chi connectivity index (χ0n) is 18.3. The Balaban J connectivity index is 1.49. The molecule has 2 heterocycles. The Morgan fingerprint density at radius 3 is 2.19 bits per heavy atom. The number of hydrogen-bond donors (Lipinski definition) is 2. The summed E-state index contributed by atoms with van der Waals surface area (Å²) >= 11 is 0. The average Bonchev–Trinajstić information content (AvgIpc) is 2.94. The number of nitrogens with zero attached hydrogens (tertiary/aromatic N) is 3. The minimum atomic E-state index is -3.23. The summed E-state index contributed by atoms with van der Waals surface area (Å²) in [6, 6.07) is 17.1. The number of carbonyl (C=O) groups excluding carboxylic acids is 1. The van der Waals surface area contributed by atoms with Gasteiger partial charge in [-0.3, -0.25) is 13.4 Å². The van der Waals surface area contributed by atoms with Crippen molar-refractivity contribution in [1.82, 2.24) is 4.90 Å². The number of likely N-dealkylation sites (tertiary alicyclic amines) is 1. The van der Waals surface area contributed by atoms with Crippen LogP contribution in [0.4, 0.5) is 21.9 Å². The first-order valence-corrected chi connectivity index (χ1v) is 12.1. The van der Waals surface area contributed by atoms with Gasteiger partial charge in [-0.1, -0.05) is 30.3 Å². The van der Waals surface area contributed by atoms with Crippen LogP contribution < -0.4 is 8.61 Å². The predicted octanol–water partition coefficient (Wildman–Crippen LogP) is 5.87. The first-order valence-electron chi connectivity index (χ1n) is 10.6. The van der Waals surface area contributed by atoms with E-state index in [2.05, 4.69) is 0 Å². The van der Waals surface area contributed by atoms with E-state index in [1.54, 1.807) is 13.5 Å². The smallest absolute Gasteiger partial charge is 0.410 e. The standard InChI is InChI=1S/C23H31N3O4S/c1-23(2,3)30-22(27)24-15-13-18(14-16-24)17-25-20-11-7-8-12-21(20)26(31(25,28)29)19-9-5-4-6-10-19/h4-12,18,28-29H,13-17H2,1-3H3. The Kier molecular flexibility index (Phi) is 5.81. The first-order chi connectivity index (χ1) is 14.7. The average molecular weight is 446 g/mol. The SMILES string of the molecule is CC(C)(C)OC(=O)N1CCC(CN2c3ccccc3N(c3ccccc3)S2(O)O)CC1. The third-order valence-electron chi connectivity index (χ3n) is 5.59. The van der Waals surface area contributed by atoms with Gasteiger partial charge in [0.2, 0.25) is 0 Å². The molecule has 31 heavy (non-hydrogen) atoms. The number of anilines is 3. The molecule has 1 saturated heterocycles. The molecule has 0 bridgehead atoms. The zero-order valence-corrected chi connectivity index (χ0v) is 19.1. The number of carbonyl (C=O) groups is 1. The van der Waals surface area contributed by atoms with E-state index in [4.69, 9.17) is 4.74 Å². The van der Waals surface area contributed by atoms with Crippen molar-refractivity contribution >= 4 is 34.1 Å². The zero-order chi connectivity index (χ0) is 22.2. The van der Waals surface area contributed by atoms with Gasteiger partial charge >= 0.3 is 6.09 Å². The highest BCUT2D eigenvalue weighted by Gasteiger charge is 2.42. The van der Waals surface area contributed by atoms with Crippen molar-refractivity contribution in [2.24, 2.45) is 5.92 Å². The Bertz CT molecular complexity index is 924. The minimum absolute atomic E-state index is 0.244. The second-order valence-electron chi connectivity index (χ2n) is 9.08. The molecule has 168 valence electrons. The second-order valence-corrected chi connectivity index (χ2v) is 10.9. The Morgan fingerprint density at radius 2 is 1.58 bits per heavy atom. The number of ether oxygens (including phenoxy) is 1. The molecule has 0 radical (unpaired) electrons. The van der Waals surface area contributed by atoms with Crippen molar-refractivity contribution in [3.05, 3.63) is 54.6 Å². The van der Waals surface area contributed by atoms with Gasteiger partial charge in [0.15, 0.2) is 0 Å². The number of rotatable bonds is 3. The molecule has 2 aliphatic heterocycles. The van der Waals surface area contributed by atoms with Gasteiger partial charge in [0.25, 0.3) is 0 Å². The van der Waals surface area contributed by atoms with Gasteiger partial charge in [-0.25, -0.2) is 9.10 Å². The Morgan fingerprint density at radius 1 is 1.00 bits per heavy atom. The van der Waals surface area contributed by atoms with Crippen molar-refractivity contribution in [2.45, 2.75) is 39.2 Å². The van der Waals surface area contributed by atoms with E-state index < -0.39 is 16.6 Å². The lowest BCUT2D eigenvalue weighted by Crippen LogP contribution is -2.44. The van der Waals surface area contributed by atoms with Gasteiger partial charge in [-0.05, 0) is 74.8 Å². The normalized spacial score (nSPS) is 19.8. The maximum absolute atomic E-state index is 12.3. The number of amides is 1. The summed E-state index contributed by atoms with van der Waals surface area (Å²) < 4.78 is 31.4. The maximum atomic E-state index is 12.3. The van der Waals surface area contributed by atoms with Crippen LogP contribution in [0.25, 0.3) is 0 Å². The van der Waals surface area contributed by atoms with Gasteiger partial charge in [-0.2, -0.15) is 0 Å². The minimum Gasteiger partial charge on any atom is -0.444 e. The predicted molar refractivity (Wildman–Crippen MR) is 126 cm³/mol. The summed E-state index contributed by atoms with van der Waals surface area (Å²) in [6.07, 6.45) is 1.30. The second kappa shape index (κ2) is 8.26. The van der Waals surface area contributed by atoms with E-state index in [1.807, 2.05) is 75.4 Å². The fourth-order valence-corrected chi connectivity index (χ4v) is 5.96. The topological polar surface area (TPSA) is 76.5 Å².